The van der Waals surface area contributed by atoms with Gasteiger partial charge in [0.2, 0.25) is 0 Å². The van der Waals surface area contributed by atoms with Crippen molar-refractivity contribution in [2.45, 2.75) is 40.3 Å². The van der Waals surface area contributed by atoms with Gasteiger partial charge in [-0.15, -0.1) is 0 Å². The van der Waals surface area contributed by atoms with Gasteiger partial charge in [0.05, 0.1) is 0 Å². The predicted molar refractivity (Wildman–Crippen MR) is 74.9 cm³/mol. The Balaban J connectivity index is 2.02. The fraction of sp³-hybridized carbons (Fsp3) is 0.571. The Kier molecular flexibility index (Phi) is 3.26. The van der Waals surface area contributed by atoms with E-state index in [1.807, 2.05) is 12.1 Å². The molecule has 5 nitrogen and oxygen atoms in total. The maximum absolute atomic E-state index is 8.65. The first kappa shape index (κ1) is 13.8. The standard InChI is InChI=1S/C14H22N4O/c1-13(2)12(14(13,3)4)17-8-9-5-6-16-10(7-9)11(15)18-19/h5-7,12,17,19H,8H2,1-4H3,(H2,15,18). The Hall–Kier alpha value is -1.62. The molecule has 4 N–H and O–H groups in total. The summed E-state index contributed by atoms with van der Waals surface area (Å²) in [6.07, 6.45) is 1.67. The molecule has 5 heteroatoms. The topological polar surface area (TPSA) is 83.5 Å². The summed E-state index contributed by atoms with van der Waals surface area (Å²) in [5.74, 6) is 0.0360. The maximum Gasteiger partial charge on any atom is 0.188 e. The van der Waals surface area contributed by atoms with Crippen LogP contribution in [0.15, 0.2) is 23.5 Å². The number of hydrogen-bond donors (Lipinski definition) is 3. The third kappa shape index (κ3) is 2.30. The molecule has 0 aliphatic heterocycles. The summed E-state index contributed by atoms with van der Waals surface area (Å²) in [5, 5.41) is 15.2. The lowest BCUT2D eigenvalue weighted by Gasteiger charge is -2.07. The minimum atomic E-state index is 0.0360. The Morgan fingerprint density at radius 3 is 2.58 bits per heavy atom. The summed E-state index contributed by atoms with van der Waals surface area (Å²) < 4.78 is 0. The highest BCUT2D eigenvalue weighted by atomic mass is 16.4. The van der Waals surface area contributed by atoms with E-state index in [4.69, 9.17) is 10.9 Å². The van der Waals surface area contributed by atoms with Gasteiger partial charge < -0.3 is 16.3 Å². The van der Waals surface area contributed by atoms with Crippen LogP contribution in [0, 0.1) is 10.8 Å². The molecule has 0 aromatic carbocycles. The van der Waals surface area contributed by atoms with Gasteiger partial charge in [-0.3, -0.25) is 4.98 Å². The van der Waals surface area contributed by atoms with Crippen LogP contribution in [0.5, 0.6) is 0 Å². The Morgan fingerprint density at radius 1 is 1.42 bits per heavy atom. The number of amidine groups is 1. The maximum atomic E-state index is 8.65. The molecule has 0 bridgehead atoms. The highest BCUT2D eigenvalue weighted by Gasteiger charge is 2.64. The van der Waals surface area contributed by atoms with Gasteiger partial charge in [0.25, 0.3) is 0 Å². The zero-order valence-electron chi connectivity index (χ0n) is 11.9. The molecule has 1 heterocycles. The second kappa shape index (κ2) is 4.49. The van der Waals surface area contributed by atoms with E-state index < -0.39 is 0 Å². The van der Waals surface area contributed by atoms with Crippen LogP contribution in [0.25, 0.3) is 0 Å². The van der Waals surface area contributed by atoms with E-state index in [1.165, 1.54) is 0 Å². The molecule has 1 aliphatic rings. The van der Waals surface area contributed by atoms with Crippen molar-refractivity contribution in [3.8, 4) is 0 Å². The van der Waals surface area contributed by atoms with Crippen LogP contribution < -0.4 is 11.1 Å². The van der Waals surface area contributed by atoms with Crippen LogP contribution in [0.2, 0.25) is 0 Å². The van der Waals surface area contributed by atoms with Crippen molar-refractivity contribution >= 4 is 5.84 Å². The Labute approximate surface area is 113 Å². The number of nitrogens with one attached hydrogen (secondary N) is 1. The first-order valence-corrected chi connectivity index (χ1v) is 6.47. The fourth-order valence-corrected chi connectivity index (χ4v) is 2.70. The van der Waals surface area contributed by atoms with E-state index in [9.17, 15) is 0 Å². The van der Waals surface area contributed by atoms with Crippen molar-refractivity contribution in [3.05, 3.63) is 29.6 Å². The van der Waals surface area contributed by atoms with Crippen molar-refractivity contribution in [1.82, 2.24) is 10.3 Å². The van der Waals surface area contributed by atoms with E-state index in [2.05, 4.69) is 43.2 Å². The van der Waals surface area contributed by atoms with Crippen molar-refractivity contribution in [3.63, 3.8) is 0 Å². The predicted octanol–water partition coefficient (Wildman–Crippen LogP) is 1.70. The van der Waals surface area contributed by atoms with Gasteiger partial charge in [0.15, 0.2) is 5.84 Å². The highest BCUT2D eigenvalue weighted by Crippen LogP contribution is 2.62. The number of rotatable bonds is 4. The van der Waals surface area contributed by atoms with Gasteiger partial charge in [-0.2, -0.15) is 0 Å². The number of aromatic nitrogens is 1. The number of nitrogens with zero attached hydrogens (tertiary/aromatic N) is 2. The van der Waals surface area contributed by atoms with Gasteiger partial charge in [-0.05, 0) is 28.5 Å². The van der Waals surface area contributed by atoms with E-state index in [0.717, 1.165) is 12.1 Å². The van der Waals surface area contributed by atoms with E-state index in [1.54, 1.807) is 6.20 Å². The largest absolute Gasteiger partial charge is 0.409 e. The molecule has 104 valence electrons. The van der Waals surface area contributed by atoms with Crippen molar-refractivity contribution in [2.75, 3.05) is 0 Å². The molecule has 0 radical (unpaired) electrons. The van der Waals surface area contributed by atoms with Crippen LogP contribution >= 0.6 is 0 Å². The third-order valence-corrected chi connectivity index (χ3v) is 4.73. The molecule has 19 heavy (non-hydrogen) atoms. The molecular weight excluding hydrogens is 240 g/mol. The Morgan fingerprint density at radius 2 is 2.05 bits per heavy atom. The number of hydrogen-bond acceptors (Lipinski definition) is 4. The van der Waals surface area contributed by atoms with E-state index >= 15 is 0 Å². The lowest BCUT2D eigenvalue weighted by atomic mass is 10.0. The van der Waals surface area contributed by atoms with Crippen molar-refractivity contribution in [1.29, 1.82) is 0 Å². The minimum absolute atomic E-state index is 0.0360. The van der Waals surface area contributed by atoms with Gasteiger partial charge in [-0.25, -0.2) is 0 Å². The number of oxime groups is 1. The highest BCUT2D eigenvalue weighted by molar-refractivity contribution is 5.95. The minimum Gasteiger partial charge on any atom is -0.409 e. The summed E-state index contributed by atoms with van der Waals surface area (Å²) in [5.41, 5.74) is 7.74. The van der Waals surface area contributed by atoms with E-state index in [0.29, 0.717) is 22.6 Å². The lowest BCUT2D eigenvalue weighted by Crippen LogP contribution is -2.22. The van der Waals surface area contributed by atoms with Crippen molar-refractivity contribution in [2.24, 2.45) is 21.7 Å². The SMILES string of the molecule is CC1(C)C(NCc2ccnc(C(N)=NO)c2)C1(C)C. The molecule has 0 amide bonds. The Bertz CT molecular complexity index is 494. The van der Waals surface area contributed by atoms with Gasteiger partial charge >= 0.3 is 0 Å². The molecule has 2 rings (SSSR count). The molecule has 0 spiro atoms. The quantitative estimate of drug-likeness (QED) is 0.334. The lowest BCUT2D eigenvalue weighted by molar-refractivity contribution is 0.318. The monoisotopic (exact) mass is 262 g/mol. The summed E-state index contributed by atoms with van der Waals surface area (Å²) in [6.45, 7) is 9.86. The first-order valence-electron chi connectivity index (χ1n) is 6.47. The smallest absolute Gasteiger partial charge is 0.188 e. The molecule has 0 saturated heterocycles. The summed E-state index contributed by atoms with van der Waals surface area (Å²) >= 11 is 0. The molecule has 1 aromatic heterocycles. The normalized spacial score (nSPS) is 21.4. The zero-order chi connectivity index (χ0) is 14.3. The summed E-state index contributed by atoms with van der Waals surface area (Å²) in [6, 6.07) is 4.27. The molecule has 1 saturated carbocycles. The molecule has 1 aromatic rings. The van der Waals surface area contributed by atoms with Crippen LogP contribution in [0.3, 0.4) is 0 Å². The fourth-order valence-electron chi connectivity index (χ4n) is 2.70. The number of pyridine rings is 1. The van der Waals surface area contributed by atoms with Crippen LogP contribution in [-0.4, -0.2) is 22.1 Å². The third-order valence-electron chi connectivity index (χ3n) is 4.73. The average Bonchev–Trinajstić information content (AvgIpc) is 2.76. The van der Waals surface area contributed by atoms with Gasteiger partial charge in [0, 0.05) is 18.8 Å². The zero-order valence-corrected chi connectivity index (χ0v) is 11.9. The molecule has 1 aliphatic carbocycles. The first-order chi connectivity index (χ1) is 8.80. The molecule has 0 unspecified atom stereocenters. The second-order valence-electron chi connectivity index (χ2n) is 6.29. The molecule has 0 atom stereocenters. The second-order valence-corrected chi connectivity index (χ2v) is 6.29. The molecular formula is C14H22N4O. The van der Waals surface area contributed by atoms with Crippen molar-refractivity contribution < 1.29 is 5.21 Å². The van der Waals surface area contributed by atoms with Crippen LogP contribution in [0.1, 0.15) is 39.0 Å². The van der Waals surface area contributed by atoms with Crippen LogP contribution in [-0.2, 0) is 6.54 Å². The average molecular weight is 262 g/mol. The van der Waals surface area contributed by atoms with Gasteiger partial charge in [0.1, 0.15) is 5.69 Å². The molecule has 1 fully saturated rings. The number of nitrogens with two attached hydrogens (primary N) is 1. The van der Waals surface area contributed by atoms with E-state index in [-0.39, 0.29) is 5.84 Å². The van der Waals surface area contributed by atoms with Crippen LogP contribution in [0.4, 0.5) is 0 Å². The summed E-state index contributed by atoms with van der Waals surface area (Å²) in [7, 11) is 0. The summed E-state index contributed by atoms with van der Waals surface area (Å²) in [4.78, 5) is 4.07. The van der Waals surface area contributed by atoms with Gasteiger partial charge in [-0.1, -0.05) is 32.9 Å².